The Balaban J connectivity index is 1.34. The SMILES string of the molecule is O=C(CCN1CCN(C(=O)c2ccc(Cl)cc2)CC1)NC(=O)NCc1ccccc1. The van der Waals surface area contributed by atoms with E-state index in [1.807, 2.05) is 30.3 Å². The van der Waals surface area contributed by atoms with Gasteiger partial charge in [-0.25, -0.2) is 4.79 Å². The van der Waals surface area contributed by atoms with Crippen molar-refractivity contribution in [2.24, 2.45) is 0 Å². The number of nitrogens with zero attached hydrogens (tertiary/aromatic N) is 2. The second kappa shape index (κ2) is 10.8. The van der Waals surface area contributed by atoms with Crippen molar-refractivity contribution in [2.45, 2.75) is 13.0 Å². The van der Waals surface area contributed by atoms with Gasteiger partial charge in [-0.1, -0.05) is 41.9 Å². The first-order chi connectivity index (χ1) is 14.5. The third-order valence-corrected chi connectivity index (χ3v) is 5.21. The molecule has 1 aliphatic heterocycles. The van der Waals surface area contributed by atoms with E-state index in [9.17, 15) is 14.4 Å². The van der Waals surface area contributed by atoms with Gasteiger partial charge in [0.15, 0.2) is 0 Å². The number of amides is 4. The second-order valence-electron chi connectivity index (χ2n) is 7.11. The van der Waals surface area contributed by atoms with Crippen LogP contribution in [0.2, 0.25) is 5.02 Å². The van der Waals surface area contributed by atoms with E-state index in [0.717, 1.165) is 5.56 Å². The predicted molar refractivity (Wildman–Crippen MR) is 115 cm³/mol. The molecule has 7 nitrogen and oxygen atoms in total. The summed E-state index contributed by atoms with van der Waals surface area (Å²) >= 11 is 5.87. The summed E-state index contributed by atoms with van der Waals surface area (Å²) in [6.07, 6.45) is 0.226. The van der Waals surface area contributed by atoms with Crippen LogP contribution in [0.15, 0.2) is 54.6 Å². The number of carbonyl (C=O) groups is 3. The van der Waals surface area contributed by atoms with E-state index in [-0.39, 0.29) is 18.2 Å². The molecule has 0 bridgehead atoms. The second-order valence-corrected chi connectivity index (χ2v) is 7.54. The molecular weight excluding hydrogens is 404 g/mol. The Morgan fingerprint density at radius 3 is 2.23 bits per heavy atom. The van der Waals surface area contributed by atoms with E-state index < -0.39 is 6.03 Å². The first-order valence-electron chi connectivity index (χ1n) is 9.90. The number of nitrogens with one attached hydrogen (secondary N) is 2. The molecule has 0 radical (unpaired) electrons. The fourth-order valence-corrected chi connectivity index (χ4v) is 3.35. The highest BCUT2D eigenvalue weighted by Crippen LogP contribution is 2.13. The van der Waals surface area contributed by atoms with Crippen LogP contribution in [0.5, 0.6) is 0 Å². The molecule has 0 aromatic heterocycles. The van der Waals surface area contributed by atoms with Crippen LogP contribution >= 0.6 is 11.6 Å². The summed E-state index contributed by atoms with van der Waals surface area (Å²) in [6.45, 7) is 3.48. The van der Waals surface area contributed by atoms with Gasteiger partial charge >= 0.3 is 6.03 Å². The molecule has 3 rings (SSSR count). The van der Waals surface area contributed by atoms with E-state index >= 15 is 0 Å². The van der Waals surface area contributed by atoms with Crippen LogP contribution in [0, 0.1) is 0 Å². The van der Waals surface area contributed by atoms with Gasteiger partial charge in [-0.15, -0.1) is 0 Å². The number of carbonyl (C=O) groups excluding carboxylic acids is 3. The van der Waals surface area contributed by atoms with E-state index in [2.05, 4.69) is 15.5 Å². The van der Waals surface area contributed by atoms with Gasteiger partial charge in [0.25, 0.3) is 5.91 Å². The largest absolute Gasteiger partial charge is 0.336 e. The molecule has 0 aliphatic carbocycles. The van der Waals surface area contributed by atoms with Crippen LogP contribution < -0.4 is 10.6 Å². The van der Waals surface area contributed by atoms with Gasteiger partial charge < -0.3 is 10.2 Å². The third-order valence-electron chi connectivity index (χ3n) is 4.95. The number of hydrogen-bond donors (Lipinski definition) is 2. The molecule has 158 valence electrons. The molecule has 0 unspecified atom stereocenters. The van der Waals surface area contributed by atoms with Crippen LogP contribution in [0.1, 0.15) is 22.3 Å². The molecule has 2 aromatic rings. The molecule has 8 heteroatoms. The maximum Gasteiger partial charge on any atom is 0.321 e. The minimum atomic E-state index is -0.498. The fraction of sp³-hybridized carbons (Fsp3) is 0.318. The lowest BCUT2D eigenvalue weighted by atomic mass is 10.2. The van der Waals surface area contributed by atoms with Crippen molar-refractivity contribution in [1.29, 1.82) is 0 Å². The van der Waals surface area contributed by atoms with Gasteiger partial charge in [-0.05, 0) is 29.8 Å². The summed E-state index contributed by atoms with van der Waals surface area (Å²) in [5.74, 6) is -0.334. The Labute approximate surface area is 181 Å². The zero-order valence-corrected chi connectivity index (χ0v) is 17.4. The maximum atomic E-state index is 12.5. The summed E-state index contributed by atoms with van der Waals surface area (Å²) in [7, 11) is 0. The first kappa shape index (κ1) is 21.8. The number of rotatable bonds is 6. The van der Waals surface area contributed by atoms with Crippen molar-refractivity contribution in [3.05, 3.63) is 70.7 Å². The summed E-state index contributed by atoms with van der Waals surface area (Å²) in [6, 6.07) is 15.9. The monoisotopic (exact) mass is 428 g/mol. The quantitative estimate of drug-likeness (QED) is 0.740. The Morgan fingerprint density at radius 1 is 0.900 bits per heavy atom. The molecule has 1 saturated heterocycles. The van der Waals surface area contributed by atoms with Gasteiger partial charge in [-0.2, -0.15) is 0 Å². The Morgan fingerprint density at radius 2 is 1.57 bits per heavy atom. The van der Waals surface area contributed by atoms with Crippen molar-refractivity contribution in [3.8, 4) is 0 Å². The van der Waals surface area contributed by atoms with Gasteiger partial charge in [-0.3, -0.25) is 19.8 Å². The minimum absolute atomic E-state index is 0.0147. The van der Waals surface area contributed by atoms with Crippen molar-refractivity contribution >= 4 is 29.4 Å². The normalized spacial score (nSPS) is 14.2. The lowest BCUT2D eigenvalue weighted by Crippen LogP contribution is -2.49. The van der Waals surface area contributed by atoms with E-state index in [1.165, 1.54) is 0 Å². The fourth-order valence-electron chi connectivity index (χ4n) is 3.22. The lowest BCUT2D eigenvalue weighted by Gasteiger charge is -2.34. The highest BCUT2D eigenvalue weighted by Gasteiger charge is 2.22. The minimum Gasteiger partial charge on any atom is -0.336 e. The zero-order chi connectivity index (χ0) is 21.3. The highest BCUT2D eigenvalue weighted by atomic mass is 35.5. The van der Waals surface area contributed by atoms with Crippen LogP contribution in [0.3, 0.4) is 0 Å². The molecule has 0 spiro atoms. The average Bonchev–Trinajstić information content (AvgIpc) is 2.77. The van der Waals surface area contributed by atoms with Gasteiger partial charge in [0, 0.05) is 56.3 Å². The molecule has 1 heterocycles. The van der Waals surface area contributed by atoms with Crippen LogP contribution in [-0.2, 0) is 11.3 Å². The maximum absolute atomic E-state index is 12.5. The molecule has 4 amide bonds. The predicted octanol–water partition coefficient (Wildman–Crippen LogP) is 2.51. The number of urea groups is 1. The zero-order valence-electron chi connectivity index (χ0n) is 16.6. The van der Waals surface area contributed by atoms with E-state index in [4.69, 9.17) is 11.6 Å². The standard InChI is InChI=1S/C22H25ClN4O3/c23-19-8-6-18(7-9-19)21(29)27-14-12-26(13-15-27)11-10-20(28)25-22(30)24-16-17-4-2-1-3-5-17/h1-9H,10-16H2,(H2,24,25,28,30). The van der Waals surface area contributed by atoms with Crippen LogP contribution in [0.25, 0.3) is 0 Å². The van der Waals surface area contributed by atoms with E-state index in [0.29, 0.717) is 49.9 Å². The number of benzene rings is 2. The summed E-state index contributed by atoms with van der Waals surface area (Å²) < 4.78 is 0. The lowest BCUT2D eigenvalue weighted by molar-refractivity contribution is -0.120. The number of piperazine rings is 1. The number of imide groups is 1. The molecule has 2 aromatic carbocycles. The van der Waals surface area contributed by atoms with Crippen molar-refractivity contribution < 1.29 is 14.4 Å². The molecule has 0 saturated carbocycles. The Hall–Kier alpha value is -2.90. The summed E-state index contributed by atoms with van der Waals surface area (Å²) in [5.41, 5.74) is 1.58. The number of halogens is 1. The molecule has 30 heavy (non-hydrogen) atoms. The smallest absolute Gasteiger partial charge is 0.321 e. The average molecular weight is 429 g/mol. The van der Waals surface area contributed by atoms with Crippen LogP contribution in [0.4, 0.5) is 4.79 Å². The summed E-state index contributed by atoms with van der Waals surface area (Å²) in [4.78, 5) is 40.3. The van der Waals surface area contributed by atoms with Crippen molar-refractivity contribution in [1.82, 2.24) is 20.4 Å². The van der Waals surface area contributed by atoms with Gasteiger partial charge in [0.1, 0.15) is 0 Å². The Bertz CT molecular complexity index is 866. The van der Waals surface area contributed by atoms with Gasteiger partial charge in [0.2, 0.25) is 5.91 Å². The van der Waals surface area contributed by atoms with Crippen molar-refractivity contribution in [2.75, 3.05) is 32.7 Å². The first-order valence-corrected chi connectivity index (χ1v) is 10.3. The van der Waals surface area contributed by atoms with Crippen molar-refractivity contribution in [3.63, 3.8) is 0 Å². The molecule has 1 aliphatic rings. The molecule has 1 fully saturated rings. The molecule has 0 atom stereocenters. The topological polar surface area (TPSA) is 81.8 Å². The third kappa shape index (κ3) is 6.57. The summed E-state index contributed by atoms with van der Waals surface area (Å²) in [5, 5.41) is 5.62. The van der Waals surface area contributed by atoms with Crippen LogP contribution in [-0.4, -0.2) is 60.4 Å². The highest BCUT2D eigenvalue weighted by molar-refractivity contribution is 6.30. The number of hydrogen-bond acceptors (Lipinski definition) is 4. The van der Waals surface area contributed by atoms with E-state index in [1.54, 1.807) is 29.2 Å². The molecule has 2 N–H and O–H groups in total. The molecular formula is C22H25ClN4O3. The Kier molecular flexibility index (Phi) is 7.82. The van der Waals surface area contributed by atoms with Gasteiger partial charge in [0.05, 0.1) is 0 Å².